The zero-order valence-electron chi connectivity index (χ0n) is 23.1. The number of nitrogen functional groups attached to an aromatic ring is 1. The molecule has 1 amide bonds. The van der Waals surface area contributed by atoms with Gasteiger partial charge in [0.2, 0.25) is 5.91 Å². The molecule has 1 fully saturated rings. The summed E-state index contributed by atoms with van der Waals surface area (Å²) in [5.74, 6) is 8.45. The monoisotopic (exact) mass is 584 g/mol. The van der Waals surface area contributed by atoms with Crippen LogP contribution in [-0.2, 0) is 4.79 Å². The van der Waals surface area contributed by atoms with Crippen LogP contribution in [0.2, 0.25) is 5.02 Å². The largest absolute Gasteiger partial charge is 0.384 e. The minimum Gasteiger partial charge on any atom is -0.384 e. The average Bonchev–Trinajstić information content (AvgIpc) is 3.46. The first-order valence-electron chi connectivity index (χ1n) is 13.4. The lowest BCUT2D eigenvalue weighted by Crippen LogP contribution is -2.47. The van der Waals surface area contributed by atoms with Gasteiger partial charge in [0.15, 0.2) is 5.82 Å². The van der Waals surface area contributed by atoms with Crippen LogP contribution in [0.15, 0.2) is 47.6 Å². The summed E-state index contributed by atoms with van der Waals surface area (Å²) in [6.07, 6.45) is 1.88. The van der Waals surface area contributed by atoms with Crippen LogP contribution in [-0.4, -0.2) is 74.4 Å². The van der Waals surface area contributed by atoms with Crippen molar-refractivity contribution in [2.75, 3.05) is 39.0 Å². The molecule has 4 aromatic rings. The van der Waals surface area contributed by atoms with Gasteiger partial charge in [-0.1, -0.05) is 35.6 Å². The van der Waals surface area contributed by atoms with Crippen LogP contribution < -0.4 is 5.73 Å². The van der Waals surface area contributed by atoms with Crippen molar-refractivity contribution in [1.29, 1.82) is 0 Å². The van der Waals surface area contributed by atoms with E-state index in [9.17, 15) is 4.79 Å². The fourth-order valence-electron chi connectivity index (χ4n) is 5.10. The van der Waals surface area contributed by atoms with E-state index in [0.717, 1.165) is 56.8 Å². The minimum absolute atomic E-state index is 0.0696. The molecule has 6 rings (SSSR count). The lowest BCUT2D eigenvalue weighted by atomic mass is 9.99. The maximum absolute atomic E-state index is 13.5. The van der Waals surface area contributed by atoms with Crippen LogP contribution in [0, 0.1) is 25.7 Å². The topological polar surface area (TPSA) is 106 Å². The van der Waals surface area contributed by atoms with Crippen LogP contribution in [0.1, 0.15) is 51.2 Å². The molecule has 11 heteroatoms. The van der Waals surface area contributed by atoms with E-state index in [1.807, 2.05) is 46.7 Å². The van der Waals surface area contributed by atoms with Crippen molar-refractivity contribution >= 4 is 40.4 Å². The van der Waals surface area contributed by atoms with E-state index < -0.39 is 6.04 Å². The first kappa shape index (κ1) is 27.1. The van der Waals surface area contributed by atoms with Gasteiger partial charge < -0.3 is 15.5 Å². The molecule has 0 unspecified atom stereocenters. The predicted molar refractivity (Wildman–Crippen MR) is 162 cm³/mol. The third-order valence-electron chi connectivity index (χ3n) is 7.45. The third kappa shape index (κ3) is 5.36. The summed E-state index contributed by atoms with van der Waals surface area (Å²) in [6.45, 7) is 7.11. The van der Waals surface area contributed by atoms with Gasteiger partial charge in [-0.05, 0) is 50.7 Å². The van der Waals surface area contributed by atoms with Crippen molar-refractivity contribution in [1.82, 2.24) is 29.5 Å². The van der Waals surface area contributed by atoms with Crippen molar-refractivity contribution in [2.45, 2.75) is 26.3 Å². The molecule has 2 aliphatic rings. The van der Waals surface area contributed by atoms with E-state index in [-0.39, 0.29) is 12.3 Å². The zero-order chi connectivity index (χ0) is 28.7. The third-order valence-corrected chi connectivity index (χ3v) is 8.89. The molecule has 2 aliphatic heterocycles. The molecular weight excluding hydrogens is 556 g/mol. The molecule has 2 N–H and O–H groups in total. The number of likely N-dealkylation sites (N-methyl/N-ethyl adjacent to an activating group) is 1. The summed E-state index contributed by atoms with van der Waals surface area (Å²) in [5, 5.41) is 10.5. The van der Waals surface area contributed by atoms with Crippen molar-refractivity contribution in [3.8, 4) is 16.8 Å². The fourth-order valence-corrected chi connectivity index (χ4v) is 6.44. The van der Waals surface area contributed by atoms with Gasteiger partial charge in [-0.15, -0.1) is 21.5 Å². The van der Waals surface area contributed by atoms with E-state index >= 15 is 0 Å². The fraction of sp³-hybridized carbons (Fsp3) is 0.300. The van der Waals surface area contributed by atoms with Gasteiger partial charge in [0.05, 0.1) is 17.0 Å². The van der Waals surface area contributed by atoms with Gasteiger partial charge in [-0.25, -0.2) is 4.98 Å². The number of anilines is 1. The maximum Gasteiger partial charge on any atom is 0.225 e. The summed E-state index contributed by atoms with van der Waals surface area (Å²) >= 11 is 7.82. The predicted octanol–water partition coefficient (Wildman–Crippen LogP) is 4.03. The highest BCUT2D eigenvalue weighted by Gasteiger charge is 2.34. The number of carbonyl (C=O) groups is 1. The van der Waals surface area contributed by atoms with E-state index in [1.54, 1.807) is 23.6 Å². The highest BCUT2D eigenvalue weighted by molar-refractivity contribution is 7.15. The van der Waals surface area contributed by atoms with E-state index in [2.05, 4.69) is 45.9 Å². The number of hydrogen-bond donors (Lipinski definition) is 1. The number of aliphatic imine (C=N–C) groups is 1. The van der Waals surface area contributed by atoms with Crippen LogP contribution in [0.3, 0.4) is 0 Å². The standard InChI is InChI=1S/C30H29ClN8OS/c1-18-24(10-4-20-5-11-25(32)33-17-20)41-30-27(18)28(21-6-8-22(31)9-7-21)34-23(29-36-35-19(2)39(29)30)16-26(40)38-14-12-37(3)13-15-38/h5-9,11,17,23H,12-16H2,1-3H3,(H2,32,33)/t23-/m0/s1. The van der Waals surface area contributed by atoms with Crippen molar-refractivity contribution in [3.05, 3.63) is 86.4 Å². The molecule has 41 heavy (non-hydrogen) atoms. The molecule has 5 heterocycles. The van der Waals surface area contributed by atoms with Crippen molar-refractivity contribution < 1.29 is 4.79 Å². The summed E-state index contributed by atoms with van der Waals surface area (Å²) in [4.78, 5) is 28.0. The second kappa shape index (κ2) is 11.1. The van der Waals surface area contributed by atoms with E-state index in [0.29, 0.717) is 29.8 Å². The number of fused-ring (bicyclic) bond motifs is 3. The molecular formula is C30H29ClN8OS. The van der Waals surface area contributed by atoms with Crippen LogP contribution >= 0.6 is 22.9 Å². The van der Waals surface area contributed by atoms with Crippen LogP contribution in [0.4, 0.5) is 5.82 Å². The average molecular weight is 585 g/mol. The summed E-state index contributed by atoms with van der Waals surface area (Å²) < 4.78 is 2.04. The van der Waals surface area contributed by atoms with Crippen molar-refractivity contribution in [2.24, 2.45) is 4.99 Å². The van der Waals surface area contributed by atoms with Gasteiger partial charge in [-0.2, -0.15) is 0 Å². The number of benzene rings is 1. The molecule has 0 spiro atoms. The molecule has 3 aromatic heterocycles. The van der Waals surface area contributed by atoms with Crippen molar-refractivity contribution in [3.63, 3.8) is 0 Å². The Bertz CT molecular complexity index is 1700. The highest BCUT2D eigenvalue weighted by Crippen LogP contribution is 2.40. The first-order valence-corrected chi connectivity index (χ1v) is 14.6. The number of aryl methyl sites for hydroxylation is 1. The molecule has 1 atom stereocenters. The lowest BCUT2D eigenvalue weighted by Gasteiger charge is -2.33. The molecule has 0 aliphatic carbocycles. The number of aromatic nitrogens is 4. The Morgan fingerprint density at radius 2 is 1.83 bits per heavy atom. The number of carbonyl (C=O) groups excluding carboxylic acids is 1. The van der Waals surface area contributed by atoms with Crippen LogP contribution in [0.25, 0.3) is 5.00 Å². The molecule has 1 saturated heterocycles. The molecule has 0 radical (unpaired) electrons. The number of rotatable bonds is 3. The van der Waals surface area contributed by atoms with Gasteiger partial charge in [0.1, 0.15) is 22.7 Å². The number of nitrogens with two attached hydrogens (primary N) is 1. The van der Waals surface area contributed by atoms with Gasteiger partial charge in [0.25, 0.3) is 0 Å². The van der Waals surface area contributed by atoms with Gasteiger partial charge in [0, 0.05) is 54.1 Å². The van der Waals surface area contributed by atoms with E-state index in [1.165, 1.54) is 0 Å². The minimum atomic E-state index is -0.497. The quantitative estimate of drug-likeness (QED) is 0.365. The Balaban J connectivity index is 1.47. The summed E-state index contributed by atoms with van der Waals surface area (Å²) in [5.41, 5.74) is 10.2. The maximum atomic E-state index is 13.5. The normalized spacial score (nSPS) is 16.7. The van der Waals surface area contributed by atoms with Gasteiger partial charge >= 0.3 is 0 Å². The Labute approximate surface area is 247 Å². The first-order chi connectivity index (χ1) is 19.8. The number of nitrogens with zero attached hydrogens (tertiary/aromatic N) is 7. The number of thiophene rings is 1. The number of hydrogen-bond acceptors (Lipinski definition) is 8. The SMILES string of the molecule is Cc1c(C#Cc2ccc(N)nc2)sc2c1C(c1ccc(Cl)cc1)=N[C@@H](CC(=O)N1CCN(C)CC1)c1nnc(C)n1-2. The Morgan fingerprint density at radius 1 is 1.07 bits per heavy atom. The smallest absolute Gasteiger partial charge is 0.225 e. The molecule has 1 aromatic carbocycles. The highest BCUT2D eigenvalue weighted by atomic mass is 35.5. The van der Waals surface area contributed by atoms with E-state index in [4.69, 9.17) is 22.3 Å². The number of piperazine rings is 1. The molecule has 0 saturated carbocycles. The Hall–Kier alpha value is -4.04. The Morgan fingerprint density at radius 3 is 2.54 bits per heavy atom. The number of pyridine rings is 1. The number of halogens is 1. The summed E-state index contributed by atoms with van der Waals surface area (Å²) in [7, 11) is 2.08. The Kier molecular flexibility index (Phi) is 7.34. The molecule has 0 bridgehead atoms. The molecule has 9 nitrogen and oxygen atoms in total. The molecule has 208 valence electrons. The number of amides is 1. The van der Waals surface area contributed by atoms with Gasteiger partial charge in [-0.3, -0.25) is 14.4 Å². The second-order valence-electron chi connectivity index (χ2n) is 10.3. The summed E-state index contributed by atoms with van der Waals surface area (Å²) in [6, 6.07) is 10.7. The lowest BCUT2D eigenvalue weighted by molar-refractivity contribution is -0.133. The second-order valence-corrected chi connectivity index (χ2v) is 11.7. The van der Waals surface area contributed by atoms with Crippen LogP contribution in [0.5, 0.6) is 0 Å². The zero-order valence-corrected chi connectivity index (χ0v) is 24.6.